The largest absolute Gasteiger partial charge is 0.346 e. The molecule has 0 amide bonds. The van der Waals surface area contributed by atoms with E-state index >= 15 is 0 Å². The molecule has 0 atom stereocenters. The molecule has 15 heavy (non-hydrogen) atoms. The van der Waals surface area contributed by atoms with Crippen molar-refractivity contribution in [2.24, 2.45) is 0 Å². The smallest absolute Gasteiger partial charge is 0.181 e. The Balaban J connectivity index is 1.96. The summed E-state index contributed by atoms with van der Waals surface area (Å²) < 4.78 is 11.6. The minimum atomic E-state index is -0.249. The third kappa shape index (κ3) is 2.35. The third-order valence-electron chi connectivity index (χ3n) is 3.72. The standard InChI is InChI=1S/C12H23NO2/c1-3-11(4-2)13-7-5-6-12(10-13)14-8-9-15-12/h11H,3-10H2,1-2H3. The fraction of sp³-hybridized carbons (Fsp3) is 1.00. The van der Waals surface area contributed by atoms with E-state index in [-0.39, 0.29) is 5.79 Å². The van der Waals surface area contributed by atoms with Crippen LogP contribution in [0.5, 0.6) is 0 Å². The van der Waals surface area contributed by atoms with Crippen LogP contribution < -0.4 is 0 Å². The van der Waals surface area contributed by atoms with Gasteiger partial charge < -0.3 is 9.47 Å². The third-order valence-corrected chi connectivity index (χ3v) is 3.72. The maximum absolute atomic E-state index is 5.79. The summed E-state index contributed by atoms with van der Waals surface area (Å²) in [7, 11) is 0. The highest BCUT2D eigenvalue weighted by Gasteiger charge is 2.41. The molecule has 1 spiro atoms. The zero-order chi connectivity index (χ0) is 10.7. The lowest BCUT2D eigenvalue weighted by Gasteiger charge is -2.42. The van der Waals surface area contributed by atoms with Gasteiger partial charge in [0.2, 0.25) is 0 Å². The first kappa shape index (κ1) is 11.4. The quantitative estimate of drug-likeness (QED) is 0.716. The van der Waals surface area contributed by atoms with Crippen LogP contribution in [0.25, 0.3) is 0 Å². The van der Waals surface area contributed by atoms with Crippen molar-refractivity contribution in [1.82, 2.24) is 4.90 Å². The van der Waals surface area contributed by atoms with Gasteiger partial charge in [0, 0.05) is 12.5 Å². The molecule has 0 N–H and O–H groups in total. The van der Waals surface area contributed by atoms with E-state index in [0.717, 1.165) is 26.2 Å². The van der Waals surface area contributed by atoms with Crippen LogP contribution in [0.15, 0.2) is 0 Å². The van der Waals surface area contributed by atoms with Gasteiger partial charge in [-0.25, -0.2) is 0 Å². The van der Waals surface area contributed by atoms with Gasteiger partial charge in [-0.3, -0.25) is 4.90 Å². The Morgan fingerprint density at radius 2 is 1.87 bits per heavy atom. The maximum atomic E-state index is 5.79. The summed E-state index contributed by atoms with van der Waals surface area (Å²) in [4.78, 5) is 2.55. The Labute approximate surface area is 92.7 Å². The van der Waals surface area contributed by atoms with E-state index in [4.69, 9.17) is 9.47 Å². The van der Waals surface area contributed by atoms with Crippen molar-refractivity contribution in [2.45, 2.75) is 51.4 Å². The molecule has 3 heteroatoms. The molecule has 2 aliphatic rings. The van der Waals surface area contributed by atoms with Crippen molar-refractivity contribution in [3.63, 3.8) is 0 Å². The van der Waals surface area contributed by atoms with Crippen LogP contribution in [0.2, 0.25) is 0 Å². The van der Waals surface area contributed by atoms with E-state index in [0.29, 0.717) is 6.04 Å². The minimum Gasteiger partial charge on any atom is -0.346 e. The second-order valence-corrected chi connectivity index (χ2v) is 4.65. The fourth-order valence-corrected chi connectivity index (χ4v) is 2.87. The number of rotatable bonds is 3. The van der Waals surface area contributed by atoms with Gasteiger partial charge >= 0.3 is 0 Å². The number of likely N-dealkylation sites (tertiary alicyclic amines) is 1. The van der Waals surface area contributed by atoms with Gasteiger partial charge in [-0.1, -0.05) is 13.8 Å². The van der Waals surface area contributed by atoms with E-state index in [1.54, 1.807) is 0 Å². The predicted octanol–water partition coefficient (Wildman–Crippen LogP) is 2.01. The summed E-state index contributed by atoms with van der Waals surface area (Å²) in [5.74, 6) is -0.249. The van der Waals surface area contributed by atoms with Crippen molar-refractivity contribution in [3.8, 4) is 0 Å². The van der Waals surface area contributed by atoms with Crippen molar-refractivity contribution < 1.29 is 9.47 Å². The van der Waals surface area contributed by atoms with Crippen LogP contribution in [0.3, 0.4) is 0 Å². The highest BCUT2D eigenvalue weighted by molar-refractivity contribution is 4.86. The zero-order valence-corrected chi connectivity index (χ0v) is 10.00. The minimum absolute atomic E-state index is 0.249. The van der Waals surface area contributed by atoms with Gasteiger partial charge in [0.25, 0.3) is 0 Å². The van der Waals surface area contributed by atoms with Gasteiger partial charge in [0.15, 0.2) is 5.79 Å². The van der Waals surface area contributed by atoms with Crippen molar-refractivity contribution >= 4 is 0 Å². The van der Waals surface area contributed by atoms with Gasteiger partial charge in [-0.05, 0) is 25.8 Å². The van der Waals surface area contributed by atoms with Crippen LogP contribution >= 0.6 is 0 Å². The van der Waals surface area contributed by atoms with Crippen LogP contribution in [0.1, 0.15) is 39.5 Å². The average Bonchev–Trinajstić information content (AvgIpc) is 2.68. The van der Waals surface area contributed by atoms with Gasteiger partial charge in [-0.2, -0.15) is 0 Å². The molecule has 0 aliphatic carbocycles. The Kier molecular flexibility index (Phi) is 3.65. The molecule has 88 valence electrons. The van der Waals surface area contributed by atoms with E-state index in [9.17, 15) is 0 Å². The molecule has 0 bridgehead atoms. The summed E-state index contributed by atoms with van der Waals surface area (Å²) in [5, 5.41) is 0. The second kappa shape index (κ2) is 4.81. The molecule has 3 nitrogen and oxygen atoms in total. The summed E-state index contributed by atoms with van der Waals surface area (Å²) in [6.07, 6.45) is 4.74. The summed E-state index contributed by atoms with van der Waals surface area (Å²) >= 11 is 0. The SMILES string of the molecule is CCC(CC)N1CCCC2(C1)OCCO2. The van der Waals surface area contributed by atoms with Crippen LogP contribution in [-0.4, -0.2) is 43.0 Å². The summed E-state index contributed by atoms with van der Waals surface area (Å²) in [5.41, 5.74) is 0. The van der Waals surface area contributed by atoms with Gasteiger partial charge in [0.05, 0.1) is 19.8 Å². The molecule has 2 saturated heterocycles. The molecule has 2 heterocycles. The Morgan fingerprint density at radius 3 is 2.47 bits per heavy atom. The Hall–Kier alpha value is -0.120. The number of ether oxygens (including phenoxy) is 2. The first-order valence-electron chi connectivity index (χ1n) is 6.31. The van der Waals surface area contributed by atoms with Crippen molar-refractivity contribution in [1.29, 1.82) is 0 Å². The highest BCUT2D eigenvalue weighted by atomic mass is 16.7. The Morgan fingerprint density at radius 1 is 1.20 bits per heavy atom. The molecule has 0 aromatic carbocycles. The molecule has 0 radical (unpaired) electrons. The molecular weight excluding hydrogens is 190 g/mol. The van der Waals surface area contributed by atoms with Crippen LogP contribution in [-0.2, 0) is 9.47 Å². The van der Waals surface area contributed by atoms with Crippen LogP contribution in [0, 0.1) is 0 Å². The van der Waals surface area contributed by atoms with Crippen LogP contribution in [0.4, 0.5) is 0 Å². The van der Waals surface area contributed by atoms with Gasteiger partial charge in [-0.15, -0.1) is 0 Å². The van der Waals surface area contributed by atoms with Crippen molar-refractivity contribution in [3.05, 3.63) is 0 Å². The van der Waals surface area contributed by atoms with E-state index in [2.05, 4.69) is 18.7 Å². The Bertz CT molecular complexity index is 198. The molecule has 0 aromatic rings. The summed E-state index contributed by atoms with van der Waals surface area (Å²) in [6, 6.07) is 0.704. The maximum Gasteiger partial charge on any atom is 0.181 e. The molecule has 2 rings (SSSR count). The highest BCUT2D eigenvalue weighted by Crippen LogP contribution is 2.31. The fourth-order valence-electron chi connectivity index (χ4n) is 2.87. The molecule has 2 fully saturated rings. The number of hydrogen-bond acceptors (Lipinski definition) is 3. The molecule has 0 unspecified atom stereocenters. The van der Waals surface area contributed by atoms with E-state index in [1.165, 1.54) is 25.8 Å². The lowest BCUT2D eigenvalue weighted by atomic mass is 10.0. The first-order chi connectivity index (χ1) is 7.29. The second-order valence-electron chi connectivity index (χ2n) is 4.65. The van der Waals surface area contributed by atoms with E-state index < -0.39 is 0 Å². The number of nitrogens with zero attached hydrogens (tertiary/aromatic N) is 1. The summed E-state index contributed by atoms with van der Waals surface area (Å²) in [6.45, 7) is 8.27. The first-order valence-corrected chi connectivity index (χ1v) is 6.31. The predicted molar refractivity (Wildman–Crippen MR) is 59.8 cm³/mol. The van der Waals surface area contributed by atoms with Gasteiger partial charge in [0.1, 0.15) is 0 Å². The molecule has 2 aliphatic heterocycles. The number of hydrogen-bond donors (Lipinski definition) is 0. The molecule has 0 saturated carbocycles. The number of piperidine rings is 1. The van der Waals surface area contributed by atoms with Crippen molar-refractivity contribution in [2.75, 3.05) is 26.3 Å². The molecule has 0 aromatic heterocycles. The monoisotopic (exact) mass is 213 g/mol. The lowest BCUT2D eigenvalue weighted by molar-refractivity contribution is -0.194. The molecular formula is C12H23NO2. The topological polar surface area (TPSA) is 21.7 Å². The zero-order valence-electron chi connectivity index (χ0n) is 10.00. The average molecular weight is 213 g/mol. The van der Waals surface area contributed by atoms with E-state index in [1.807, 2.05) is 0 Å². The normalized spacial score (nSPS) is 26.6. The lowest BCUT2D eigenvalue weighted by Crippen LogP contribution is -2.52.